The van der Waals surface area contributed by atoms with E-state index in [-0.39, 0.29) is 5.75 Å². The number of rotatable bonds is 6. The number of hydrogen-bond donors (Lipinski definition) is 2. The van der Waals surface area contributed by atoms with E-state index in [1.807, 2.05) is 30.3 Å². The quantitative estimate of drug-likeness (QED) is 0.851. The summed E-state index contributed by atoms with van der Waals surface area (Å²) in [4.78, 5) is 12.0. The van der Waals surface area contributed by atoms with E-state index in [9.17, 15) is 13.2 Å². The first-order valence-corrected chi connectivity index (χ1v) is 8.75. The smallest absolute Gasteiger partial charge is 0.243 e. The summed E-state index contributed by atoms with van der Waals surface area (Å²) in [6.45, 7) is 3.27. The van der Waals surface area contributed by atoms with E-state index in [0.717, 1.165) is 10.8 Å². The van der Waals surface area contributed by atoms with Crippen LogP contribution in [0.25, 0.3) is 10.8 Å². The Hall–Kier alpha value is -1.92. The van der Waals surface area contributed by atoms with Crippen molar-refractivity contribution in [2.24, 2.45) is 5.73 Å². The number of fused-ring (bicyclic) bond motifs is 1. The van der Waals surface area contributed by atoms with E-state index >= 15 is 0 Å². The molecule has 0 aliphatic carbocycles. The van der Waals surface area contributed by atoms with Crippen LogP contribution in [0.3, 0.4) is 0 Å². The average Bonchev–Trinajstić information content (AvgIpc) is 2.45. The second kappa shape index (κ2) is 6.06. The minimum atomic E-state index is -3.60. The van der Waals surface area contributed by atoms with E-state index in [2.05, 4.69) is 4.72 Å². The second-order valence-electron chi connectivity index (χ2n) is 5.44. The van der Waals surface area contributed by atoms with Crippen LogP contribution in [0.2, 0.25) is 0 Å². The number of nitrogens with two attached hydrogens (primary N) is 1. The zero-order chi connectivity index (χ0) is 16.4. The van der Waals surface area contributed by atoms with E-state index in [0.29, 0.717) is 12.0 Å². The van der Waals surface area contributed by atoms with Gasteiger partial charge < -0.3 is 5.73 Å². The van der Waals surface area contributed by atoms with Crippen LogP contribution in [0.1, 0.15) is 25.8 Å². The second-order valence-corrected chi connectivity index (χ2v) is 7.28. The molecule has 0 aliphatic heterocycles. The van der Waals surface area contributed by atoms with E-state index in [1.165, 1.54) is 6.92 Å². The van der Waals surface area contributed by atoms with Crippen molar-refractivity contribution >= 4 is 26.7 Å². The maximum Gasteiger partial charge on any atom is 0.243 e. The van der Waals surface area contributed by atoms with Crippen LogP contribution in [0.5, 0.6) is 0 Å². The van der Waals surface area contributed by atoms with Crippen molar-refractivity contribution in [2.45, 2.75) is 25.8 Å². The Balaban J connectivity index is 2.62. The summed E-state index contributed by atoms with van der Waals surface area (Å²) in [5, 5.41) is 1.72. The minimum absolute atomic E-state index is 0.0549. The van der Waals surface area contributed by atoms with E-state index in [1.54, 1.807) is 19.1 Å². The molecule has 0 heterocycles. The summed E-state index contributed by atoms with van der Waals surface area (Å²) in [5.41, 5.74) is 4.59. The lowest BCUT2D eigenvalue weighted by atomic mass is 9.88. The number of carbonyl (C=O) groups is 1. The fourth-order valence-corrected chi connectivity index (χ4v) is 4.00. The summed E-state index contributed by atoms with van der Waals surface area (Å²) in [6.07, 6.45) is 0.458. The minimum Gasteiger partial charge on any atom is -0.368 e. The fraction of sp³-hybridized carbons (Fsp3) is 0.312. The predicted octanol–water partition coefficient (Wildman–Crippen LogP) is 1.87. The molecule has 1 amide bonds. The van der Waals surface area contributed by atoms with Gasteiger partial charge in [0, 0.05) is 0 Å². The molecule has 0 aromatic heterocycles. The zero-order valence-electron chi connectivity index (χ0n) is 12.7. The Labute approximate surface area is 130 Å². The molecule has 1 atom stereocenters. The van der Waals surface area contributed by atoms with Crippen LogP contribution in [0.4, 0.5) is 0 Å². The molecule has 0 radical (unpaired) electrons. The molecule has 0 saturated carbocycles. The van der Waals surface area contributed by atoms with Crippen molar-refractivity contribution in [3.63, 3.8) is 0 Å². The summed E-state index contributed by atoms with van der Waals surface area (Å²) in [5.74, 6) is -0.788. The van der Waals surface area contributed by atoms with Gasteiger partial charge in [-0.2, -0.15) is 4.72 Å². The zero-order valence-corrected chi connectivity index (χ0v) is 13.5. The molecule has 0 fully saturated rings. The molecular formula is C16H20N2O3S. The summed E-state index contributed by atoms with van der Waals surface area (Å²) in [6, 6.07) is 12.9. The molecule has 6 heteroatoms. The number of hydrogen-bond acceptors (Lipinski definition) is 3. The molecule has 2 aromatic carbocycles. The Morgan fingerprint density at radius 2 is 1.82 bits per heavy atom. The van der Waals surface area contributed by atoms with Gasteiger partial charge in [-0.1, -0.05) is 49.4 Å². The largest absolute Gasteiger partial charge is 0.368 e. The first-order chi connectivity index (χ1) is 10.3. The third-order valence-electron chi connectivity index (χ3n) is 3.65. The van der Waals surface area contributed by atoms with Crippen LogP contribution in [-0.4, -0.2) is 20.1 Å². The lowest BCUT2D eigenvalue weighted by Crippen LogP contribution is -2.53. The SMILES string of the molecule is CCCS(=O)(=O)NC(C)(C(N)=O)c1cccc2ccccc12. The third-order valence-corrected chi connectivity index (χ3v) is 5.32. The normalized spacial score (nSPS) is 14.6. The first kappa shape index (κ1) is 16.5. The van der Waals surface area contributed by atoms with E-state index in [4.69, 9.17) is 5.73 Å². The van der Waals surface area contributed by atoms with Crippen molar-refractivity contribution in [3.8, 4) is 0 Å². The van der Waals surface area contributed by atoms with Crippen molar-refractivity contribution in [2.75, 3.05) is 5.75 Å². The van der Waals surface area contributed by atoms with Crippen LogP contribution in [0.15, 0.2) is 42.5 Å². The van der Waals surface area contributed by atoms with Gasteiger partial charge in [-0.05, 0) is 29.7 Å². The van der Waals surface area contributed by atoms with Crippen LogP contribution in [-0.2, 0) is 20.4 Å². The van der Waals surface area contributed by atoms with Crippen molar-refractivity contribution in [1.29, 1.82) is 0 Å². The monoisotopic (exact) mass is 320 g/mol. The molecule has 1 unspecified atom stereocenters. The van der Waals surface area contributed by atoms with Crippen LogP contribution < -0.4 is 10.5 Å². The number of primary amides is 1. The molecule has 0 bridgehead atoms. The number of sulfonamides is 1. The molecule has 2 rings (SSSR count). The summed E-state index contributed by atoms with van der Waals surface area (Å²) in [7, 11) is -3.60. The van der Waals surface area contributed by atoms with Gasteiger partial charge >= 0.3 is 0 Å². The van der Waals surface area contributed by atoms with Crippen molar-refractivity contribution in [3.05, 3.63) is 48.0 Å². The molecule has 118 valence electrons. The summed E-state index contributed by atoms with van der Waals surface area (Å²) >= 11 is 0. The van der Waals surface area contributed by atoms with Gasteiger partial charge in [0.15, 0.2) is 0 Å². The molecule has 3 N–H and O–H groups in total. The maximum absolute atomic E-state index is 12.1. The van der Waals surface area contributed by atoms with Crippen LogP contribution >= 0.6 is 0 Å². The highest BCUT2D eigenvalue weighted by molar-refractivity contribution is 7.89. The molecule has 5 nitrogen and oxygen atoms in total. The lowest BCUT2D eigenvalue weighted by molar-refractivity contribution is -0.123. The molecule has 0 aliphatic rings. The Kier molecular flexibility index (Phi) is 4.53. The third kappa shape index (κ3) is 3.13. The van der Waals surface area contributed by atoms with E-state index < -0.39 is 21.5 Å². The van der Waals surface area contributed by atoms with Crippen molar-refractivity contribution < 1.29 is 13.2 Å². The molecule has 0 saturated heterocycles. The first-order valence-electron chi connectivity index (χ1n) is 7.10. The highest BCUT2D eigenvalue weighted by Gasteiger charge is 2.38. The molecule has 0 spiro atoms. The van der Waals surface area contributed by atoms with Gasteiger partial charge in [-0.15, -0.1) is 0 Å². The predicted molar refractivity (Wildman–Crippen MR) is 87.7 cm³/mol. The van der Waals surface area contributed by atoms with Crippen molar-refractivity contribution in [1.82, 2.24) is 4.72 Å². The number of carbonyl (C=O) groups excluding carboxylic acids is 1. The molecular weight excluding hydrogens is 300 g/mol. The Morgan fingerprint density at radius 3 is 2.45 bits per heavy atom. The van der Waals surface area contributed by atoms with Gasteiger partial charge in [-0.3, -0.25) is 4.79 Å². The highest BCUT2D eigenvalue weighted by Crippen LogP contribution is 2.29. The highest BCUT2D eigenvalue weighted by atomic mass is 32.2. The number of amides is 1. The topological polar surface area (TPSA) is 89.3 Å². The average molecular weight is 320 g/mol. The number of benzene rings is 2. The van der Waals surface area contributed by atoms with Crippen LogP contribution in [0, 0.1) is 0 Å². The molecule has 22 heavy (non-hydrogen) atoms. The maximum atomic E-state index is 12.1. The van der Waals surface area contributed by atoms with Gasteiger partial charge in [0.2, 0.25) is 15.9 Å². The fourth-order valence-electron chi connectivity index (χ4n) is 2.53. The number of nitrogens with one attached hydrogen (secondary N) is 1. The Morgan fingerprint density at radius 1 is 1.18 bits per heavy atom. The van der Waals surface area contributed by atoms with Gasteiger partial charge in [0.1, 0.15) is 5.54 Å². The van der Waals surface area contributed by atoms with Gasteiger partial charge in [0.25, 0.3) is 0 Å². The van der Waals surface area contributed by atoms with Gasteiger partial charge in [-0.25, -0.2) is 8.42 Å². The summed E-state index contributed by atoms with van der Waals surface area (Å²) < 4.78 is 26.8. The Bertz CT molecular complexity index is 797. The lowest BCUT2D eigenvalue weighted by Gasteiger charge is -2.29. The molecule has 2 aromatic rings. The standard InChI is InChI=1S/C16H20N2O3S/c1-3-11-22(20,21)18-16(2,15(17)19)14-10-6-8-12-7-4-5-9-13(12)14/h4-10,18H,3,11H2,1-2H3,(H2,17,19). The van der Waals surface area contributed by atoms with Gasteiger partial charge in [0.05, 0.1) is 5.75 Å².